The Hall–Kier alpha value is -2.10. The molecule has 0 heterocycles. The van der Waals surface area contributed by atoms with E-state index in [9.17, 15) is 18.0 Å². The average molecular weight is 601 g/mol. The summed E-state index contributed by atoms with van der Waals surface area (Å²) in [6.07, 6.45) is 3.33. The van der Waals surface area contributed by atoms with Crippen molar-refractivity contribution in [2.45, 2.75) is 59.0 Å². The Kier molecular flexibility index (Phi) is 11.7. The van der Waals surface area contributed by atoms with Gasteiger partial charge in [-0.25, -0.2) is 8.42 Å². The van der Waals surface area contributed by atoms with Crippen molar-refractivity contribution in [3.63, 3.8) is 0 Å². The number of carbonyl (C=O) groups is 2. The second-order valence-corrected chi connectivity index (χ2v) is 12.0. The number of halogens is 2. The molecule has 10 heteroatoms. The van der Waals surface area contributed by atoms with Crippen LogP contribution in [0.4, 0.5) is 5.69 Å². The van der Waals surface area contributed by atoms with Crippen LogP contribution in [-0.4, -0.2) is 50.5 Å². The van der Waals surface area contributed by atoms with Gasteiger partial charge in [0.15, 0.2) is 0 Å². The number of benzene rings is 2. The zero-order chi connectivity index (χ0) is 26.9. The summed E-state index contributed by atoms with van der Waals surface area (Å²) in [5.41, 5.74) is 2.04. The molecule has 0 aliphatic rings. The van der Waals surface area contributed by atoms with Gasteiger partial charge in [-0.3, -0.25) is 13.9 Å². The molecule has 0 unspecified atom stereocenters. The van der Waals surface area contributed by atoms with E-state index in [-0.39, 0.29) is 37.7 Å². The highest BCUT2D eigenvalue weighted by molar-refractivity contribution is 9.10. The van der Waals surface area contributed by atoms with Gasteiger partial charge in [0.1, 0.15) is 6.04 Å². The minimum atomic E-state index is -3.59. The maximum atomic E-state index is 13.3. The Labute approximate surface area is 228 Å². The first-order valence-corrected chi connectivity index (χ1v) is 15.0. The number of nitrogens with zero attached hydrogens (tertiary/aromatic N) is 2. The summed E-state index contributed by atoms with van der Waals surface area (Å²) >= 11 is 9.66. The number of amides is 2. The fraction of sp³-hybridized carbons (Fsp3) is 0.462. The van der Waals surface area contributed by atoms with Crippen molar-refractivity contribution in [2.24, 2.45) is 0 Å². The monoisotopic (exact) mass is 599 g/mol. The summed E-state index contributed by atoms with van der Waals surface area (Å²) in [6, 6.07) is 12.0. The van der Waals surface area contributed by atoms with Crippen molar-refractivity contribution in [2.75, 3.05) is 23.7 Å². The van der Waals surface area contributed by atoms with Crippen LogP contribution >= 0.6 is 27.5 Å². The van der Waals surface area contributed by atoms with Crippen LogP contribution in [0.1, 0.15) is 50.7 Å². The molecule has 2 amide bonds. The third-order valence-corrected chi connectivity index (χ3v) is 7.98. The molecular formula is C26H35BrClN3O4S. The van der Waals surface area contributed by atoms with E-state index in [1.54, 1.807) is 36.9 Å². The maximum Gasteiger partial charge on any atom is 0.242 e. The molecule has 0 spiro atoms. The van der Waals surface area contributed by atoms with Crippen molar-refractivity contribution in [1.29, 1.82) is 0 Å². The van der Waals surface area contributed by atoms with E-state index in [1.807, 2.05) is 31.2 Å². The van der Waals surface area contributed by atoms with E-state index >= 15 is 0 Å². The van der Waals surface area contributed by atoms with Crippen molar-refractivity contribution < 1.29 is 18.0 Å². The summed E-state index contributed by atoms with van der Waals surface area (Å²) in [5, 5.41) is 3.37. The summed E-state index contributed by atoms with van der Waals surface area (Å²) in [4.78, 5) is 27.7. The van der Waals surface area contributed by atoms with Gasteiger partial charge in [0.25, 0.3) is 0 Å². The lowest BCUT2D eigenvalue weighted by Gasteiger charge is -2.29. The van der Waals surface area contributed by atoms with E-state index in [1.165, 1.54) is 4.31 Å². The normalized spacial score (nSPS) is 12.2. The number of nitrogens with one attached hydrogen (secondary N) is 1. The molecular weight excluding hydrogens is 566 g/mol. The Morgan fingerprint density at radius 3 is 2.47 bits per heavy atom. The van der Waals surface area contributed by atoms with Gasteiger partial charge in [0.2, 0.25) is 21.8 Å². The van der Waals surface area contributed by atoms with Crippen LogP contribution in [0.15, 0.2) is 46.9 Å². The lowest BCUT2D eigenvalue weighted by atomic mass is 10.1. The molecule has 0 bridgehead atoms. The molecule has 0 fully saturated rings. The Morgan fingerprint density at radius 2 is 1.83 bits per heavy atom. The summed E-state index contributed by atoms with van der Waals surface area (Å²) < 4.78 is 27.2. The first kappa shape index (κ1) is 30.1. The third-order valence-electron chi connectivity index (χ3n) is 5.90. The van der Waals surface area contributed by atoms with Gasteiger partial charge in [0, 0.05) is 35.6 Å². The van der Waals surface area contributed by atoms with Gasteiger partial charge < -0.3 is 10.2 Å². The number of hydrogen-bond acceptors (Lipinski definition) is 4. The number of rotatable bonds is 13. The lowest BCUT2D eigenvalue weighted by Crippen LogP contribution is -2.48. The van der Waals surface area contributed by atoms with Gasteiger partial charge in [-0.1, -0.05) is 59.1 Å². The molecule has 1 N–H and O–H groups in total. The summed E-state index contributed by atoms with van der Waals surface area (Å²) in [7, 11) is -3.59. The van der Waals surface area contributed by atoms with Crippen molar-refractivity contribution in [3.05, 3.63) is 63.1 Å². The number of anilines is 1. The summed E-state index contributed by atoms with van der Waals surface area (Å²) in [5.74, 6) is -0.427. The van der Waals surface area contributed by atoms with Crippen LogP contribution < -0.4 is 9.62 Å². The second kappa shape index (κ2) is 14.0. The minimum absolute atomic E-state index is 0.0895. The van der Waals surface area contributed by atoms with Crippen LogP contribution in [0.25, 0.3) is 0 Å². The zero-order valence-electron chi connectivity index (χ0n) is 21.3. The average Bonchev–Trinajstić information content (AvgIpc) is 2.81. The van der Waals surface area contributed by atoms with E-state index in [0.717, 1.165) is 29.1 Å². The highest BCUT2D eigenvalue weighted by atomic mass is 79.9. The fourth-order valence-corrected chi connectivity index (χ4v) is 5.43. The molecule has 7 nitrogen and oxygen atoms in total. The molecule has 0 aliphatic carbocycles. The fourth-order valence-electron chi connectivity index (χ4n) is 3.80. The molecule has 1 atom stereocenters. The first-order valence-electron chi connectivity index (χ1n) is 12.0. The highest BCUT2D eigenvalue weighted by Crippen LogP contribution is 2.28. The summed E-state index contributed by atoms with van der Waals surface area (Å²) in [6.45, 7) is 6.47. The van der Waals surface area contributed by atoms with Crippen molar-refractivity contribution in [1.82, 2.24) is 10.2 Å². The molecule has 0 aliphatic heterocycles. The van der Waals surface area contributed by atoms with Crippen molar-refractivity contribution in [3.8, 4) is 0 Å². The van der Waals surface area contributed by atoms with Gasteiger partial charge in [-0.15, -0.1) is 0 Å². The Morgan fingerprint density at radius 1 is 1.14 bits per heavy atom. The van der Waals surface area contributed by atoms with Crippen LogP contribution in [0.2, 0.25) is 5.02 Å². The number of sulfonamides is 1. The standard InChI is InChI=1S/C26H35BrClN3O4S/c1-5-6-15-29-26(33)20(3)30(18-21-10-7-11-22(27)17-21)25(32)14-9-16-31(36(4,34)35)24-13-8-12-23(28)19(24)2/h7-8,10-13,17,20H,5-6,9,14-16,18H2,1-4H3,(H,29,33)/t20-/m1/s1. The van der Waals surface area contributed by atoms with Crippen LogP contribution in [0.3, 0.4) is 0 Å². The molecule has 0 saturated carbocycles. The van der Waals surface area contributed by atoms with E-state index < -0.39 is 16.1 Å². The van der Waals surface area contributed by atoms with Gasteiger partial charge in [-0.05, 0) is 62.1 Å². The van der Waals surface area contributed by atoms with Crippen molar-refractivity contribution >= 4 is 55.1 Å². The molecule has 36 heavy (non-hydrogen) atoms. The molecule has 2 rings (SSSR count). The van der Waals surface area contributed by atoms with Gasteiger partial charge in [-0.2, -0.15) is 0 Å². The molecule has 2 aromatic carbocycles. The van der Waals surface area contributed by atoms with Crippen LogP contribution in [0, 0.1) is 6.92 Å². The minimum Gasteiger partial charge on any atom is -0.354 e. The number of unbranched alkanes of at least 4 members (excludes halogenated alkanes) is 1. The van der Waals surface area contributed by atoms with Crippen LogP contribution in [0.5, 0.6) is 0 Å². The smallest absolute Gasteiger partial charge is 0.242 e. The zero-order valence-corrected chi connectivity index (χ0v) is 24.4. The molecule has 2 aromatic rings. The Bertz CT molecular complexity index is 1160. The maximum absolute atomic E-state index is 13.3. The number of carbonyl (C=O) groups excluding carboxylic acids is 2. The second-order valence-electron chi connectivity index (χ2n) is 8.79. The van der Waals surface area contributed by atoms with E-state index in [2.05, 4.69) is 21.2 Å². The largest absolute Gasteiger partial charge is 0.354 e. The number of hydrogen-bond donors (Lipinski definition) is 1. The quantitative estimate of drug-likeness (QED) is 0.317. The predicted molar refractivity (Wildman–Crippen MR) is 150 cm³/mol. The highest BCUT2D eigenvalue weighted by Gasteiger charge is 2.27. The third kappa shape index (κ3) is 8.78. The predicted octanol–water partition coefficient (Wildman–Crippen LogP) is 5.29. The first-order chi connectivity index (χ1) is 17.0. The lowest BCUT2D eigenvalue weighted by molar-refractivity contribution is -0.140. The molecule has 0 radical (unpaired) electrons. The molecule has 198 valence electrons. The molecule has 0 saturated heterocycles. The van der Waals surface area contributed by atoms with Gasteiger partial charge >= 0.3 is 0 Å². The van der Waals surface area contributed by atoms with Crippen LogP contribution in [-0.2, 0) is 26.2 Å². The Balaban J connectivity index is 2.18. The van der Waals surface area contributed by atoms with Gasteiger partial charge in [0.05, 0.1) is 11.9 Å². The van der Waals surface area contributed by atoms with E-state index in [0.29, 0.717) is 22.8 Å². The SMILES string of the molecule is CCCCNC(=O)[C@@H](C)N(Cc1cccc(Br)c1)C(=O)CCCN(c1cccc(Cl)c1C)S(C)(=O)=O. The molecule has 0 aromatic heterocycles. The topological polar surface area (TPSA) is 86.8 Å². The van der Waals surface area contributed by atoms with E-state index in [4.69, 9.17) is 11.6 Å².